The number of ether oxygens (including phenoxy) is 1. The van der Waals surface area contributed by atoms with Crippen LogP contribution in [0.3, 0.4) is 0 Å². The van der Waals surface area contributed by atoms with Crippen LogP contribution in [0.5, 0.6) is 5.75 Å². The zero-order valence-electron chi connectivity index (χ0n) is 27.1. The van der Waals surface area contributed by atoms with Gasteiger partial charge in [-0.15, -0.1) is 0 Å². The largest absolute Gasteiger partial charge is 0.496 e. The summed E-state index contributed by atoms with van der Waals surface area (Å²) in [6, 6.07) is 0. The third-order valence-electron chi connectivity index (χ3n) is 9.02. The van der Waals surface area contributed by atoms with Crippen LogP contribution in [0.25, 0.3) is 11.6 Å². The van der Waals surface area contributed by atoms with E-state index < -0.39 is 8.32 Å². The highest BCUT2D eigenvalue weighted by molar-refractivity contribution is 6.74. The van der Waals surface area contributed by atoms with Gasteiger partial charge in [-0.3, -0.25) is 19.5 Å². The zero-order chi connectivity index (χ0) is 32.8. The zero-order valence-corrected chi connectivity index (χ0v) is 28.9. The summed E-state index contributed by atoms with van der Waals surface area (Å²) in [5.41, 5.74) is 9.07. The molecule has 14 heteroatoms. The number of fused-ring (bicyclic) bond motifs is 1. The first-order valence-corrected chi connectivity index (χ1v) is 18.3. The highest BCUT2D eigenvalue weighted by Crippen LogP contribution is 2.42. The predicted octanol–water partition coefficient (Wildman–Crippen LogP) is 5.17. The summed E-state index contributed by atoms with van der Waals surface area (Å²) in [4.78, 5) is 51.0. The number of carbonyl (C=O) groups excluding carboxylic acids is 2. The van der Waals surface area contributed by atoms with Crippen molar-refractivity contribution in [3.05, 3.63) is 51.4 Å². The number of anilines is 2. The van der Waals surface area contributed by atoms with Crippen molar-refractivity contribution in [2.24, 2.45) is 0 Å². The Bertz CT molecular complexity index is 1670. The first kappa shape index (κ1) is 32.6. The second-order valence-electron chi connectivity index (χ2n) is 13.1. The van der Waals surface area contributed by atoms with Gasteiger partial charge in [0.25, 0.3) is 11.8 Å². The SMILES string of the molecule is COc1c(C)cnc(CN2C(=O)/C(=C/c3nc(C(=O)N4CCC(O[Si](C)(C)C(C)(C)C)CC4)c[nH]3)c3c(Cl)nc(N)nc32)c1C. The number of amides is 2. The lowest BCUT2D eigenvalue weighted by Crippen LogP contribution is -2.48. The van der Waals surface area contributed by atoms with Crippen molar-refractivity contribution in [2.75, 3.05) is 30.8 Å². The van der Waals surface area contributed by atoms with E-state index in [1.54, 1.807) is 30.5 Å². The van der Waals surface area contributed by atoms with Crippen LogP contribution in [-0.4, -0.2) is 76.3 Å². The van der Waals surface area contributed by atoms with Gasteiger partial charge in [-0.2, -0.15) is 4.98 Å². The van der Waals surface area contributed by atoms with Crippen molar-refractivity contribution < 1.29 is 18.8 Å². The number of pyridine rings is 1. The average Bonchev–Trinajstić information content (AvgIpc) is 3.53. The van der Waals surface area contributed by atoms with E-state index in [1.807, 2.05) is 13.8 Å². The number of halogens is 1. The number of imidazole rings is 1. The minimum atomic E-state index is -1.89. The molecule has 5 heterocycles. The van der Waals surface area contributed by atoms with Crippen LogP contribution in [0.2, 0.25) is 23.3 Å². The van der Waals surface area contributed by atoms with E-state index in [4.69, 9.17) is 26.5 Å². The third kappa shape index (κ3) is 6.33. The van der Waals surface area contributed by atoms with Gasteiger partial charge in [0.1, 0.15) is 22.4 Å². The van der Waals surface area contributed by atoms with E-state index in [1.165, 1.54) is 4.90 Å². The Balaban J connectivity index is 1.36. The molecule has 2 aliphatic heterocycles. The van der Waals surface area contributed by atoms with Gasteiger partial charge in [-0.25, -0.2) is 9.97 Å². The molecule has 3 N–H and O–H groups in total. The number of hydrogen-bond donors (Lipinski definition) is 2. The van der Waals surface area contributed by atoms with Crippen LogP contribution in [0.4, 0.5) is 11.8 Å². The number of nitrogens with one attached hydrogen (secondary N) is 1. The number of aromatic nitrogens is 5. The molecule has 0 atom stereocenters. The van der Waals surface area contributed by atoms with Crippen LogP contribution in [0.1, 0.15) is 72.3 Å². The number of hydrogen-bond acceptors (Lipinski definition) is 9. The van der Waals surface area contributed by atoms with E-state index in [9.17, 15) is 9.59 Å². The lowest BCUT2D eigenvalue weighted by atomic mass is 10.1. The maximum Gasteiger partial charge on any atom is 0.274 e. The molecule has 0 bridgehead atoms. The van der Waals surface area contributed by atoms with Crippen molar-refractivity contribution in [3.8, 4) is 5.75 Å². The van der Waals surface area contributed by atoms with E-state index in [0.717, 1.165) is 24.0 Å². The standard InChI is InChI=1S/C31H41ClN8O4Si/c1-17-14-34-22(18(2)25(17)43-6)16-40-27-24(26(32)37-30(33)38-27)20(28(40)41)13-23-35-15-21(36-23)29(42)39-11-9-19(10-12-39)44-45(7,8)31(3,4)5/h13-15,19H,9-12,16H2,1-8H3,(H,35,36)(H2,33,37,38)/b20-13+. The number of nitrogens with zero attached hydrogens (tertiary/aromatic N) is 6. The summed E-state index contributed by atoms with van der Waals surface area (Å²) < 4.78 is 12.1. The molecule has 3 aromatic heterocycles. The molecule has 3 aromatic rings. The molecule has 0 radical (unpaired) electrons. The van der Waals surface area contributed by atoms with Crippen LogP contribution in [0, 0.1) is 13.8 Å². The number of rotatable bonds is 7. The number of nitrogens with two attached hydrogens (primary N) is 1. The monoisotopic (exact) mass is 652 g/mol. The summed E-state index contributed by atoms with van der Waals surface area (Å²) in [5.74, 6) is 0.683. The number of nitrogen functional groups attached to an aromatic ring is 1. The number of aromatic amines is 1. The maximum absolute atomic E-state index is 13.9. The number of H-pyrrole nitrogens is 1. The van der Waals surface area contributed by atoms with Crippen LogP contribution in [-0.2, 0) is 15.8 Å². The molecule has 1 saturated heterocycles. The fourth-order valence-corrected chi connectivity index (χ4v) is 7.16. The van der Waals surface area contributed by atoms with Crippen molar-refractivity contribution >= 4 is 55.1 Å². The number of piperidine rings is 1. The molecule has 0 aromatic carbocycles. The highest BCUT2D eigenvalue weighted by atomic mass is 35.5. The van der Waals surface area contributed by atoms with Gasteiger partial charge in [0, 0.05) is 42.7 Å². The molecule has 0 saturated carbocycles. The predicted molar refractivity (Wildman–Crippen MR) is 177 cm³/mol. The molecule has 12 nitrogen and oxygen atoms in total. The van der Waals surface area contributed by atoms with Gasteiger partial charge in [-0.05, 0) is 50.9 Å². The Labute approximate surface area is 269 Å². The number of methoxy groups -OCH3 is 1. The lowest BCUT2D eigenvalue weighted by Gasteiger charge is -2.41. The fourth-order valence-electron chi connectivity index (χ4n) is 5.46. The van der Waals surface area contributed by atoms with Crippen LogP contribution >= 0.6 is 11.6 Å². The van der Waals surface area contributed by atoms with E-state index in [-0.39, 0.29) is 57.7 Å². The second-order valence-corrected chi connectivity index (χ2v) is 18.2. The quantitative estimate of drug-likeness (QED) is 0.200. The summed E-state index contributed by atoms with van der Waals surface area (Å²) in [6.45, 7) is 16.3. The summed E-state index contributed by atoms with van der Waals surface area (Å²) in [5, 5.41) is 0.168. The molecule has 5 rings (SSSR count). The highest BCUT2D eigenvalue weighted by Gasteiger charge is 2.40. The van der Waals surface area contributed by atoms with Crippen molar-refractivity contribution in [1.82, 2.24) is 29.8 Å². The molecule has 1 fully saturated rings. The molecule has 2 aliphatic rings. The van der Waals surface area contributed by atoms with Gasteiger partial charge < -0.3 is 24.8 Å². The molecule has 0 aliphatic carbocycles. The van der Waals surface area contributed by atoms with Crippen LogP contribution < -0.4 is 15.4 Å². The van der Waals surface area contributed by atoms with Gasteiger partial charge in [0.05, 0.1) is 30.5 Å². The van der Waals surface area contributed by atoms with Gasteiger partial charge in [-0.1, -0.05) is 32.4 Å². The van der Waals surface area contributed by atoms with Gasteiger partial charge in [0.15, 0.2) is 14.1 Å². The van der Waals surface area contributed by atoms with Crippen molar-refractivity contribution in [2.45, 2.75) is 78.2 Å². The Kier molecular flexibility index (Phi) is 8.82. The maximum atomic E-state index is 13.9. The van der Waals surface area contributed by atoms with Gasteiger partial charge >= 0.3 is 0 Å². The average molecular weight is 653 g/mol. The van der Waals surface area contributed by atoms with Crippen LogP contribution in [0.15, 0.2) is 12.4 Å². The Hall–Kier alpha value is -3.81. The fraction of sp³-hybridized carbons (Fsp3) is 0.484. The normalized spacial score (nSPS) is 16.9. The van der Waals surface area contributed by atoms with Crippen molar-refractivity contribution in [3.63, 3.8) is 0 Å². The molecule has 240 valence electrons. The molecule has 45 heavy (non-hydrogen) atoms. The van der Waals surface area contributed by atoms with E-state index >= 15 is 0 Å². The third-order valence-corrected chi connectivity index (χ3v) is 13.8. The number of likely N-dealkylation sites (tertiary alicyclic amines) is 1. The van der Waals surface area contributed by atoms with Gasteiger partial charge in [0.2, 0.25) is 5.95 Å². The second kappa shape index (κ2) is 12.2. The Morgan fingerprint density at radius 3 is 2.53 bits per heavy atom. The lowest BCUT2D eigenvalue weighted by molar-refractivity contribution is -0.113. The summed E-state index contributed by atoms with van der Waals surface area (Å²) >= 11 is 6.52. The number of aryl methyl sites for hydroxylation is 1. The molecular formula is C31H41ClN8O4Si. The van der Waals surface area contributed by atoms with E-state index in [2.05, 4.69) is 58.8 Å². The Morgan fingerprint density at radius 1 is 1.20 bits per heavy atom. The molecule has 0 unspecified atom stereocenters. The summed E-state index contributed by atoms with van der Waals surface area (Å²) in [7, 11) is -0.291. The smallest absolute Gasteiger partial charge is 0.274 e. The number of carbonyl (C=O) groups is 2. The minimum absolute atomic E-state index is 0.0383. The van der Waals surface area contributed by atoms with Crippen molar-refractivity contribution in [1.29, 1.82) is 0 Å². The minimum Gasteiger partial charge on any atom is -0.496 e. The summed E-state index contributed by atoms with van der Waals surface area (Å²) in [6.07, 6.45) is 6.52. The molecular weight excluding hydrogens is 612 g/mol. The first-order chi connectivity index (χ1) is 21.1. The molecule has 0 spiro atoms. The topological polar surface area (TPSA) is 152 Å². The Morgan fingerprint density at radius 2 is 1.89 bits per heavy atom. The first-order valence-electron chi connectivity index (χ1n) is 15.0. The van der Waals surface area contributed by atoms with E-state index in [0.29, 0.717) is 35.9 Å². The molecule has 2 amide bonds.